The van der Waals surface area contributed by atoms with Gasteiger partial charge in [-0.15, -0.1) is 0 Å². The van der Waals surface area contributed by atoms with E-state index in [9.17, 15) is 9.18 Å². The Kier molecular flexibility index (Phi) is 1.77. The summed E-state index contributed by atoms with van der Waals surface area (Å²) in [4.78, 5) is 16.0. The largest absolute Gasteiger partial charge is 0.325 e. The first-order chi connectivity index (χ1) is 4.74. The summed E-state index contributed by atoms with van der Waals surface area (Å²) in [5, 5.41) is 0. The highest BCUT2D eigenvalue weighted by Crippen LogP contribution is 1.85. The van der Waals surface area contributed by atoms with E-state index in [2.05, 4.69) is 9.97 Å². The molecule has 0 radical (unpaired) electrons. The van der Waals surface area contributed by atoms with Crippen LogP contribution in [-0.2, 0) is 6.54 Å². The Bertz CT molecular complexity index is 282. The fourth-order valence-electron chi connectivity index (χ4n) is 0.559. The number of nitrogens with one attached hydrogen (secondary N) is 1. The van der Waals surface area contributed by atoms with Crippen LogP contribution in [0.4, 0.5) is 4.39 Å². The molecule has 0 saturated carbocycles. The number of H-pyrrole nitrogens is 1. The van der Waals surface area contributed by atoms with Crippen LogP contribution in [0.3, 0.4) is 0 Å². The molecule has 10 heavy (non-hydrogen) atoms. The Morgan fingerprint density at radius 3 is 3.00 bits per heavy atom. The molecule has 0 aliphatic carbocycles. The van der Waals surface area contributed by atoms with Crippen LogP contribution in [0.5, 0.6) is 0 Å². The van der Waals surface area contributed by atoms with E-state index in [1.54, 1.807) is 0 Å². The van der Waals surface area contributed by atoms with Crippen molar-refractivity contribution in [2.45, 2.75) is 6.54 Å². The van der Waals surface area contributed by atoms with Crippen LogP contribution in [0.25, 0.3) is 0 Å². The third-order valence-corrected chi connectivity index (χ3v) is 1.02. The average molecular weight is 143 g/mol. The van der Waals surface area contributed by atoms with E-state index < -0.39 is 11.5 Å². The van der Waals surface area contributed by atoms with Crippen molar-refractivity contribution in [1.82, 2.24) is 9.97 Å². The van der Waals surface area contributed by atoms with Gasteiger partial charge in [-0.25, -0.2) is 4.98 Å². The molecular formula is C5H6FN3O. The molecule has 1 rings (SSSR count). The molecule has 0 aliphatic rings. The van der Waals surface area contributed by atoms with Gasteiger partial charge in [-0.1, -0.05) is 0 Å². The molecule has 0 bridgehead atoms. The maximum Gasteiger partial charge on any atom is 0.271 e. The lowest BCUT2D eigenvalue weighted by Gasteiger charge is -1.91. The topological polar surface area (TPSA) is 71.8 Å². The Morgan fingerprint density at radius 2 is 2.50 bits per heavy atom. The second-order valence-corrected chi connectivity index (χ2v) is 1.70. The molecule has 4 nitrogen and oxygen atoms in total. The first-order valence-corrected chi connectivity index (χ1v) is 2.68. The molecule has 1 aromatic rings. The maximum atomic E-state index is 12.2. The van der Waals surface area contributed by atoms with Gasteiger partial charge in [0.05, 0.1) is 6.20 Å². The minimum Gasteiger partial charge on any atom is -0.325 e. The molecule has 0 amide bonds. The normalized spacial score (nSPS) is 9.80. The number of hydrogen-bond donors (Lipinski definition) is 2. The molecule has 0 unspecified atom stereocenters. The smallest absolute Gasteiger partial charge is 0.271 e. The summed E-state index contributed by atoms with van der Waals surface area (Å²) in [5.41, 5.74) is 4.64. The zero-order chi connectivity index (χ0) is 7.56. The van der Waals surface area contributed by atoms with E-state index in [0.29, 0.717) is 0 Å². The Balaban J connectivity index is 3.22. The van der Waals surface area contributed by atoms with Gasteiger partial charge in [-0.2, -0.15) is 4.39 Å². The van der Waals surface area contributed by atoms with Crippen LogP contribution in [0, 0.1) is 5.95 Å². The quantitative estimate of drug-likeness (QED) is 0.549. The van der Waals surface area contributed by atoms with Crippen LogP contribution in [0.15, 0.2) is 11.0 Å². The number of halogens is 1. The number of aromatic nitrogens is 2. The minimum atomic E-state index is -0.722. The number of nitrogens with zero attached hydrogens (tertiary/aromatic N) is 1. The van der Waals surface area contributed by atoms with Gasteiger partial charge < -0.3 is 10.7 Å². The molecule has 0 aromatic carbocycles. The summed E-state index contributed by atoms with van der Waals surface area (Å²) >= 11 is 0. The van der Waals surface area contributed by atoms with Crippen molar-refractivity contribution < 1.29 is 4.39 Å². The Labute approximate surface area is 55.9 Å². The predicted molar refractivity (Wildman–Crippen MR) is 32.7 cm³/mol. The number of aromatic amines is 1. The van der Waals surface area contributed by atoms with Crippen molar-refractivity contribution >= 4 is 0 Å². The lowest BCUT2D eigenvalue weighted by molar-refractivity contribution is 0.566. The number of nitrogens with two attached hydrogens (primary N) is 1. The molecule has 1 heterocycles. The SMILES string of the molecule is NCc1nc(F)c[nH]c1=O. The van der Waals surface area contributed by atoms with Crippen LogP contribution in [0.1, 0.15) is 5.69 Å². The summed E-state index contributed by atoms with van der Waals surface area (Å²) in [6, 6.07) is 0. The lowest BCUT2D eigenvalue weighted by Crippen LogP contribution is -2.18. The van der Waals surface area contributed by atoms with Crippen LogP contribution < -0.4 is 11.3 Å². The predicted octanol–water partition coefficient (Wildman–Crippen LogP) is -0.632. The van der Waals surface area contributed by atoms with Crippen LogP contribution >= 0.6 is 0 Å². The van der Waals surface area contributed by atoms with Gasteiger partial charge in [0, 0.05) is 6.54 Å². The zero-order valence-electron chi connectivity index (χ0n) is 5.10. The monoisotopic (exact) mass is 143 g/mol. The van der Waals surface area contributed by atoms with E-state index in [1.165, 1.54) is 0 Å². The van der Waals surface area contributed by atoms with Crippen molar-refractivity contribution in [1.29, 1.82) is 0 Å². The van der Waals surface area contributed by atoms with Gasteiger partial charge in [0.25, 0.3) is 5.56 Å². The summed E-state index contributed by atoms with van der Waals surface area (Å²) in [7, 11) is 0. The minimum absolute atomic E-state index is 0.0139. The van der Waals surface area contributed by atoms with E-state index in [-0.39, 0.29) is 12.2 Å². The Hall–Kier alpha value is -1.23. The van der Waals surface area contributed by atoms with Crippen molar-refractivity contribution in [3.63, 3.8) is 0 Å². The molecular weight excluding hydrogens is 137 g/mol. The fourth-order valence-corrected chi connectivity index (χ4v) is 0.559. The first kappa shape index (κ1) is 6.88. The summed E-state index contributed by atoms with van der Waals surface area (Å²) < 4.78 is 12.2. The number of hydrogen-bond acceptors (Lipinski definition) is 3. The lowest BCUT2D eigenvalue weighted by atomic mass is 10.4. The van der Waals surface area contributed by atoms with Gasteiger partial charge in [-0.3, -0.25) is 4.79 Å². The third-order valence-electron chi connectivity index (χ3n) is 1.02. The third kappa shape index (κ3) is 1.19. The van der Waals surface area contributed by atoms with Gasteiger partial charge >= 0.3 is 0 Å². The van der Waals surface area contributed by atoms with Gasteiger partial charge in [-0.05, 0) is 0 Å². The van der Waals surface area contributed by atoms with Crippen LogP contribution in [-0.4, -0.2) is 9.97 Å². The second kappa shape index (κ2) is 2.57. The molecule has 5 heteroatoms. The zero-order valence-corrected chi connectivity index (χ0v) is 5.10. The number of rotatable bonds is 1. The molecule has 0 spiro atoms. The highest BCUT2D eigenvalue weighted by atomic mass is 19.1. The highest BCUT2D eigenvalue weighted by Gasteiger charge is 1.98. The molecule has 0 saturated heterocycles. The average Bonchev–Trinajstić information content (AvgIpc) is 1.94. The fraction of sp³-hybridized carbons (Fsp3) is 0.200. The van der Waals surface area contributed by atoms with Gasteiger partial charge in [0.15, 0.2) is 0 Å². The molecule has 54 valence electrons. The molecule has 0 aliphatic heterocycles. The summed E-state index contributed by atoms with van der Waals surface area (Å²) in [5.74, 6) is -0.722. The second-order valence-electron chi connectivity index (χ2n) is 1.70. The van der Waals surface area contributed by atoms with E-state index in [1.807, 2.05) is 0 Å². The highest BCUT2D eigenvalue weighted by molar-refractivity contribution is 4.95. The molecule has 3 N–H and O–H groups in total. The van der Waals surface area contributed by atoms with Gasteiger partial charge in [0.2, 0.25) is 5.95 Å². The maximum absolute atomic E-state index is 12.2. The standard InChI is InChI=1S/C5H6FN3O/c6-4-2-8-5(10)3(1-7)9-4/h2H,1,7H2,(H,8,10). The summed E-state index contributed by atoms with van der Waals surface area (Å²) in [6.45, 7) is -0.0485. The van der Waals surface area contributed by atoms with E-state index >= 15 is 0 Å². The molecule has 0 fully saturated rings. The first-order valence-electron chi connectivity index (χ1n) is 2.68. The van der Waals surface area contributed by atoms with E-state index in [0.717, 1.165) is 6.20 Å². The van der Waals surface area contributed by atoms with Crippen molar-refractivity contribution in [2.75, 3.05) is 0 Å². The Morgan fingerprint density at radius 1 is 1.80 bits per heavy atom. The van der Waals surface area contributed by atoms with Crippen LogP contribution in [0.2, 0.25) is 0 Å². The summed E-state index contributed by atoms with van der Waals surface area (Å²) in [6.07, 6.45) is 0.890. The molecule has 1 aromatic heterocycles. The molecule has 0 atom stereocenters. The van der Waals surface area contributed by atoms with Gasteiger partial charge in [0.1, 0.15) is 5.69 Å². The van der Waals surface area contributed by atoms with E-state index in [4.69, 9.17) is 5.73 Å². The van der Waals surface area contributed by atoms with Crippen molar-refractivity contribution in [2.24, 2.45) is 5.73 Å². The van der Waals surface area contributed by atoms with Crippen molar-refractivity contribution in [3.8, 4) is 0 Å². The van der Waals surface area contributed by atoms with Crippen molar-refractivity contribution in [3.05, 3.63) is 28.2 Å².